The first-order valence-electron chi connectivity index (χ1n) is 3.26. The number of hydrogen-bond donors (Lipinski definition) is 0. The van der Waals surface area contributed by atoms with Crippen molar-refractivity contribution in [2.75, 3.05) is 6.26 Å². The average molecular weight is 250 g/mol. The molecule has 0 unspecified atom stereocenters. The van der Waals surface area contributed by atoms with Gasteiger partial charge in [0, 0.05) is 6.26 Å². The predicted molar refractivity (Wildman–Crippen MR) is 50.5 cm³/mol. The Bertz CT molecular complexity index is 375. The normalized spacial score (nSPS) is 11.5. The van der Waals surface area contributed by atoms with Crippen LogP contribution in [0.25, 0.3) is 0 Å². The minimum atomic E-state index is -2.98. The lowest BCUT2D eigenvalue weighted by molar-refractivity contribution is 0.600. The van der Waals surface area contributed by atoms with Gasteiger partial charge >= 0.3 is 0 Å². The fourth-order valence-electron chi connectivity index (χ4n) is 0.799. The maximum absolute atomic E-state index is 10.9. The Hall–Kier alpha value is -0.420. The molecule has 5 heteroatoms. The van der Waals surface area contributed by atoms with Gasteiger partial charge in [0.15, 0.2) is 9.84 Å². The van der Waals surface area contributed by atoms with Crippen molar-refractivity contribution < 1.29 is 8.42 Å². The van der Waals surface area contributed by atoms with Crippen LogP contribution in [0.15, 0.2) is 22.8 Å². The molecule has 66 valence electrons. The maximum atomic E-state index is 10.9. The Kier molecular flexibility index (Phi) is 2.85. The third kappa shape index (κ3) is 3.32. The van der Waals surface area contributed by atoms with Gasteiger partial charge in [0.2, 0.25) is 0 Å². The van der Waals surface area contributed by atoms with Crippen LogP contribution < -0.4 is 0 Å². The summed E-state index contributed by atoms with van der Waals surface area (Å²) in [5, 5.41) is 0. The van der Waals surface area contributed by atoms with Crippen LogP contribution in [0.2, 0.25) is 0 Å². The van der Waals surface area contributed by atoms with Crippen molar-refractivity contribution in [2.45, 2.75) is 5.75 Å². The SMILES string of the molecule is CS(=O)(=O)Cc1cccc(Br)n1. The highest BCUT2D eigenvalue weighted by Crippen LogP contribution is 2.08. The van der Waals surface area contributed by atoms with Gasteiger partial charge < -0.3 is 0 Å². The molecule has 0 aliphatic carbocycles. The second-order valence-corrected chi connectivity index (χ2v) is 5.47. The summed E-state index contributed by atoms with van der Waals surface area (Å²) in [5.41, 5.74) is 0.562. The molecule has 0 saturated carbocycles. The summed E-state index contributed by atoms with van der Waals surface area (Å²) >= 11 is 3.16. The quantitative estimate of drug-likeness (QED) is 0.745. The molecule has 0 radical (unpaired) electrons. The molecule has 0 bridgehead atoms. The van der Waals surface area contributed by atoms with E-state index in [9.17, 15) is 8.42 Å². The number of sulfone groups is 1. The Balaban J connectivity index is 2.91. The van der Waals surface area contributed by atoms with Gasteiger partial charge in [-0.2, -0.15) is 0 Å². The first-order valence-corrected chi connectivity index (χ1v) is 6.12. The highest BCUT2D eigenvalue weighted by atomic mass is 79.9. The minimum Gasteiger partial charge on any atom is -0.245 e. The summed E-state index contributed by atoms with van der Waals surface area (Å²) < 4.78 is 22.4. The third-order valence-corrected chi connectivity index (χ3v) is 2.44. The van der Waals surface area contributed by atoms with Crippen molar-refractivity contribution in [1.82, 2.24) is 4.98 Å². The Labute approximate surface area is 79.9 Å². The molecule has 0 saturated heterocycles. The van der Waals surface area contributed by atoms with Crippen molar-refractivity contribution in [3.63, 3.8) is 0 Å². The highest BCUT2D eigenvalue weighted by Gasteiger charge is 2.04. The minimum absolute atomic E-state index is 0.00750. The zero-order chi connectivity index (χ0) is 9.19. The van der Waals surface area contributed by atoms with Crippen LogP contribution in [0.5, 0.6) is 0 Å². The zero-order valence-corrected chi connectivity index (χ0v) is 8.89. The van der Waals surface area contributed by atoms with E-state index >= 15 is 0 Å². The van der Waals surface area contributed by atoms with Crippen LogP contribution in [0.4, 0.5) is 0 Å². The second kappa shape index (κ2) is 3.53. The van der Waals surface area contributed by atoms with Gasteiger partial charge in [-0.15, -0.1) is 0 Å². The van der Waals surface area contributed by atoms with E-state index in [0.29, 0.717) is 10.3 Å². The van der Waals surface area contributed by atoms with E-state index < -0.39 is 9.84 Å². The monoisotopic (exact) mass is 249 g/mol. The smallest absolute Gasteiger partial charge is 0.153 e. The average Bonchev–Trinajstić information content (AvgIpc) is 1.82. The van der Waals surface area contributed by atoms with Crippen LogP contribution in [0.1, 0.15) is 5.69 Å². The molecule has 1 rings (SSSR count). The fourth-order valence-corrected chi connectivity index (χ4v) is 1.88. The van der Waals surface area contributed by atoms with E-state index in [-0.39, 0.29) is 5.75 Å². The standard InChI is InChI=1S/C7H8BrNO2S/c1-12(10,11)5-6-3-2-4-7(8)9-6/h2-4H,5H2,1H3. The number of hydrogen-bond acceptors (Lipinski definition) is 3. The van der Waals surface area contributed by atoms with E-state index in [1.54, 1.807) is 18.2 Å². The molecule has 1 heterocycles. The molecule has 3 nitrogen and oxygen atoms in total. The molecule has 0 atom stereocenters. The Morgan fingerprint density at radius 3 is 2.67 bits per heavy atom. The molecular weight excluding hydrogens is 242 g/mol. The van der Waals surface area contributed by atoms with Crippen LogP contribution >= 0.6 is 15.9 Å². The summed E-state index contributed by atoms with van der Waals surface area (Å²) in [7, 11) is -2.98. The van der Waals surface area contributed by atoms with Crippen LogP contribution in [-0.4, -0.2) is 19.7 Å². The van der Waals surface area contributed by atoms with Gasteiger partial charge in [-0.25, -0.2) is 13.4 Å². The molecule has 0 aliphatic rings. The first-order chi connectivity index (χ1) is 5.47. The lowest BCUT2D eigenvalue weighted by Gasteiger charge is -1.97. The van der Waals surface area contributed by atoms with Crippen LogP contribution in [0, 0.1) is 0 Å². The third-order valence-electron chi connectivity index (χ3n) is 1.18. The van der Waals surface area contributed by atoms with Gasteiger partial charge in [0.1, 0.15) is 4.60 Å². The molecule has 1 aromatic rings. The number of rotatable bonds is 2. The summed E-state index contributed by atoms with van der Waals surface area (Å²) in [4.78, 5) is 4.00. The van der Waals surface area contributed by atoms with Crippen LogP contribution in [-0.2, 0) is 15.6 Å². The summed E-state index contributed by atoms with van der Waals surface area (Å²) in [5.74, 6) is -0.00750. The molecule has 0 fully saturated rings. The molecule has 12 heavy (non-hydrogen) atoms. The Morgan fingerprint density at radius 1 is 1.50 bits per heavy atom. The van der Waals surface area contributed by atoms with Crippen molar-refractivity contribution in [1.29, 1.82) is 0 Å². The number of pyridine rings is 1. The van der Waals surface area contributed by atoms with Gasteiger partial charge in [-0.05, 0) is 28.1 Å². The number of halogens is 1. The van der Waals surface area contributed by atoms with Crippen molar-refractivity contribution in [3.05, 3.63) is 28.5 Å². The maximum Gasteiger partial charge on any atom is 0.153 e. The first kappa shape index (κ1) is 9.67. The number of nitrogens with zero attached hydrogens (tertiary/aromatic N) is 1. The van der Waals surface area contributed by atoms with Gasteiger partial charge in [-0.1, -0.05) is 6.07 Å². The zero-order valence-electron chi connectivity index (χ0n) is 6.49. The van der Waals surface area contributed by atoms with E-state index in [0.717, 1.165) is 0 Å². The summed E-state index contributed by atoms with van der Waals surface area (Å²) in [6, 6.07) is 5.20. The summed E-state index contributed by atoms with van der Waals surface area (Å²) in [6.45, 7) is 0. The molecule has 1 aromatic heterocycles. The Morgan fingerprint density at radius 2 is 2.17 bits per heavy atom. The lowest BCUT2D eigenvalue weighted by Crippen LogP contribution is -2.02. The van der Waals surface area contributed by atoms with E-state index in [1.807, 2.05) is 0 Å². The molecule has 0 amide bonds. The van der Waals surface area contributed by atoms with E-state index in [4.69, 9.17) is 0 Å². The largest absolute Gasteiger partial charge is 0.245 e. The predicted octanol–water partition coefficient (Wildman–Crippen LogP) is 1.39. The van der Waals surface area contributed by atoms with Gasteiger partial charge in [0.05, 0.1) is 11.4 Å². The van der Waals surface area contributed by atoms with Crippen molar-refractivity contribution in [2.24, 2.45) is 0 Å². The topological polar surface area (TPSA) is 47.0 Å². The summed E-state index contributed by atoms with van der Waals surface area (Å²) in [6.07, 6.45) is 1.19. The van der Waals surface area contributed by atoms with Crippen molar-refractivity contribution in [3.8, 4) is 0 Å². The van der Waals surface area contributed by atoms with Crippen molar-refractivity contribution >= 4 is 25.8 Å². The highest BCUT2D eigenvalue weighted by molar-refractivity contribution is 9.10. The molecular formula is C7H8BrNO2S. The fraction of sp³-hybridized carbons (Fsp3) is 0.286. The van der Waals surface area contributed by atoms with Crippen LogP contribution in [0.3, 0.4) is 0 Å². The lowest BCUT2D eigenvalue weighted by atomic mass is 10.4. The van der Waals surface area contributed by atoms with Gasteiger partial charge in [-0.3, -0.25) is 0 Å². The number of aromatic nitrogens is 1. The van der Waals surface area contributed by atoms with E-state index in [2.05, 4.69) is 20.9 Å². The van der Waals surface area contributed by atoms with Gasteiger partial charge in [0.25, 0.3) is 0 Å². The molecule has 0 N–H and O–H groups in total. The van der Waals surface area contributed by atoms with E-state index in [1.165, 1.54) is 6.26 Å². The second-order valence-electron chi connectivity index (χ2n) is 2.52. The molecule has 0 aliphatic heterocycles. The molecule has 0 aromatic carbocycles. The molecule has 0 spiro atoms.